The van der Waals surface area contributed by atoms with Crippen LogP contribution in [0.1, 0.15) is 26.3 Å². The van der Waals surface area contributed by atoms with Crippen LogP contribution in [0.25, 0.3) is 10.8 Å². The molecule has 0 aromatic heterocycles. The van der Waals surface area contributed by atoms with Gasteiger partial charge in [-0.25, -0.2) is 9.59 Å². The molecule has 0 aliphatic carbocycles. The van der Waals surface area contributed by atoms with Gasteiger partial charge in [0.05, 0.1) is 11.1 Å². The van der Waals surface area contributed by atoms with Crippen molar-refractivity contribution in [3.8, 4) is 0 Å². The molecule has 0 saturated heterocycles. The fourth-order valence-electron chi connectivity index (χ4n) is 2.18. The van der Waals surface area contributed by atoms with Crippen molar-refractivity contribution < 1.29 is 19.8 Å². The predicted octanol–water partition coefficient (Wildman–Crippen LogP) is 2.96. The third-order valence-corrected chi connectivity index (χ3v) is 2.93. The van der Waals surface area contributed by atoms with Crippen molar-refractivity contribution in [2.24, 2.45) is 0 Å². The van der Waals surface area contributed by atoms with Crippen LogP contribution in [0.3, 0.4) is 0 Å². The molecule has 0 unspecified atom stereocenters. The number of carboxylic acid groups (broad SMARTS) is 2. The summed E-state index contributed by atoms with van der Waals surface area (Å²) in [7, 11) is 0. The van der Waals surface area contributed by atoms with Crippen molar-refractivity contribution in [3.63, 3.8) is 0 Å². The lowest BCUT2D eigenvalue weighted by Gasteiger charge is -2.11. The van der Waals surface area contributed by atoms with Crippen molar-refractivity contribution in [2.75, 3.05) is 0 Å². The van der Waals surface area contributed by atoms with Crippen LogP contribution in [0.2, 0.25) is 0 Å². The van der Waals surface area contributed by atoms with Gasteiger partial charge in [-0.05, 0) is 28.8 Å². The Morgan fingerprint density at radius 3 is 2.26 bits per heavy atom. The van der Waals surface area contributed by atoms with Gasteiger partial charge < -0.3 is 10.2 Å². The van der Waals surface area contributed by atoms with Crippen LogP contribution in [0.5, 0.6) is 0 Å². The summed E-state index contributed by atoms with van der Waals surface area (Å²) in [6.07, 6.45) is 1.87. The predicted molar refractivity (Wildman–Crippen MR) is 71.8 cm³/mol. The Morgan fingerprint density at radius 2 is 1.74 bits per heavy atom. The number of hydrogen-bond acceptors (Lipinski definition) is 2. The number of fused-ring (bicyclic) bond motifs is 1. The van der Waals surface area contributed by atoms with E-state index in [0.29, 0.717) is 22.8 Å². The first kappa shape index (κ1) is 12.8. The molecule has 2 aromatic rings. The van der Waals surface area contributed by atoms with Crippen LogP contribution in [-0.4, -0.2) is 22.2 Å². The summed E-state index contributed by atoms with van der Waals surface area (Å²) in [5, 5.41) is 19.4. The third-order valence-electron chi connectivity index (χ3n) is 2.93. The van der Waals surface area contributed by atoms with Gasteiger partial charge in [0.1, 0.15) is 0 Å². The topological polar surface area (TPSA) is 74.6 Å². The van der Waals surface area contributed by atoms with E-state index < -0.39 is 11.9 Å². The van der Waals surface area contributed by atoms with Gasteiger partial charge in [0.2, 0.25) is 0 Å². The molecule has 0 heterocycles. The fraction of sp³-hybridized carbons (Fsp3) is 0.0667. The maximum Gasteiger partial charge on any atom is 0.336 e. The smallest absolute Gasteiger partial charge is 0.336 e. The summed E-state index contributed by atoms with van der Waals surface area (Å²) in [5.74, 6) is -2.14. The zero-order valence-corrected chi connectivity index (χ0v) is 10.1. The fourth-order valence-corrected chi connectivity index (χ4v) is 2.18. The van der Waals surface area contributed by atoms with Crippen LogP contribution in [0, 0.1) is 0 Å². The van der Waals surface area contributed by atoms with Crippen molar-refractivity contribution in [2.45, 2.75) is 6.42 Å². The Bertz CT molecular complexity index is 686. The van der Waals surface area contributed by atoms with E-state index in [2.05, 4.69) is 6.58 Å². The third kappa shape index (κ3) is 2.20. The molecule has 4 nitrogen and oxygen atoms in total. The van der Waals surface area contributed by atoms with Crippen molar-refractivity contribution in [3.05, 3.63) is 59.7 Å². The Labute approximate surface area is 109 Å². The molecule has 0 atom stereocenters. The second-order valence-electron chi connectivity index (χ2n) is 4.11. The highest BCUT2D eigenvalue weighted by atomic mass is 16.4. The van der Waals surface area contributed by atoms with Gasteiger partial charge in [0.25, 0.3) is 0 Å². The quantitative estimate of drug-likeness (QED) is 0.825. The highest BCUT2D eigenvalue weighted by molar-refractivity contribution is 6.12. The number of benzene rings is 2. The minimum Gasteiger partial charge on any atom is -0.478 e. The first-order chi connectivity index (χ1) is 9.06. The molecule has 4 heteroatoms. The van der Waals surface area contributed by atoms with Crippen molar-refractivity contribution >= 4 is 22.7 Å². The number of aromatic carboxylic acids is 2. The molecule has 0 bridgehead atoms. The van der Waals surface area contributed by atoms with Crippen LogP contribution in [0.15, 0.2) is 43.0 Å². The van der Waals surface area contributed by atoms with E-state index in [1.165, 1.54) is 6.07 Å². The average molecular weight is 256 g/mol. The molecule has 0 aliphatic rings. The van der Waals surface area contributed by atoms with Crippen molar-refractivity contribution in [1.29, 1.82) is 0 Å². The summed E-state index contributed by atoms with van der Waals surface area (Å²) in [5.41, 5.74) is 0.705. The van der Waals surface area contributed by atoms with Gasteiger partial charge in [-0.3, -0.25) is 0 Å². The number of carboxylic acids is 2. The monoisotopic (exact) mass is 256 g/mol. The van der Waals surface area contributed by atoms with E-state index in [4.69, 9.17) is 0 Å². The zero-order valence-electron chi connectivity index (χ0n) is 10.1. The lowest BCUT2D eigenvalue weighted by atomic mass is 9.93. The van der Waals surface area contributed by atoms with Gasteiger partial charge in [0, 0.05) is 0 Å². The zero-order chi connectivity index (χ0) is 14.0. The van der Waals surface area contributed by atoms with Crippen LogP contribution >= 0.6 is 0 Å². The number of allylic oxidation sites excluding steroid dienone is 1. The van der Waals surface area contributed by atoms with Gasteiger partial charge in [-0.2, -0.15) is 0 Å². The first-order valence-electron chi connectivity index (χ1n) is 5.68. The molecule has 0 spiro atoms. The van der Waals surface area contributed by atoms with Crippen LogP contribution in [-0.2, 0) is 6.42 Å². The standard InChI is InChI=1S/C15H12O4/c1-2-5-9-8-12(14(16)17)10-6-3-4-7-11(10)13(9)15(18)19/h2-4,6-8H,1,5H2,(H,16,17)(H,18,19). The first-order valence-corrected chi connectivity index (χ1v) is 5.68. The SMILES string of the molecule is C=CCc1cc(C(=O)O)c2ccccc2c1C(=O)O. The molecule has 2 rings (SSSR count). The normalized spacial score (nSPS) is 10.3. The molecule has 0 saturated carbocycles. The summed E-state index contributed by atoms with van der Waals surface area (Å²) >= 11 is 0. The molecule has 0 amide bonds. The average Bonchev–Trinajstić information content (AvgIpc) is 2.37. The minimum absolute atomic E-state index is 0.109. The Kier molecular flexibility index (Phi) is 3.33. The van der Waals surface area contributed by atoms with Gasteiger partial charge >= 0.3 is 11.9 Å². The van der Waals surface area contributed by atoms with Gasteiger partial charge in [-0.1, -0.05) is 30.3 Å². The van der Waals surface area contributed by atoms with Crippen LogP contribution in [0.4, 0.5) is 0 Å². The Morgan fingerprint density at radius 1 is 1.11 bits per heavy atom. The lowest BCUT2D eigenvalue weighted by molar-refractivity contribution is 0.0683. The van der Waals surface area contributed by atoms with Gasteiger partial charge in [-0.15, -0.1) is 6.58 Å². The van der Waals surface area contributed by atoms with Gasteiger partial charge in [0.15, 0.2) is 0 Å². The largest absolute Gasteiger partial charge is 0.478 e. The Balaban J connectivity index is 2.93. The van der Waals surface area contributed by atoms with Crippen molar-refractivity contribution in [1.82, 2.24) is 0 Å². The number of rotatable bonds is 4. The lowest BCUT2D eigenvalue weighted by Crippen LogP contribution is -2.07. The van der Waals surface area contributed by atoms with E-state index in [1.54, 1.807) is 30.3 Å². The molecule has 0 fully saturated rings. The second-order valence-corrected chi connectivity index (χ2v) is 4.11. The molecule has 2 aromatic carbocycles. The highest BCUT2D eigenvalue weighted by Crippen LogP contribution is 2.27. The molecule has 2 N–H and O–H groups in total. The highest BCUT2D eigenvalue weighted by Gasteiger charge is 2.19. The molecule has 96 valence electrons. The van der Waals surface area contributed by atoms with E-state index in [0.717, 1.165) is 0 Å². The summed E-state index contributed by atoms with van der Waals surface area (Å²) in [6, 6.07) is 8.03. The maximum atomic E-state index is 11.4. The molecule has 0 aliphatic heterocycles. The van der Waals surface area contributed by atoms with E-state index in [-0.39, 0.29) is 11.1 Å². The van der Waals surface area contributed by atoms with Crippen LogP contribution < -0.4 is 0 Å². The molecule has 19 heavy (non-hydrogen) atoms. The van der Waals surface area contributed by atoms with E-state index in [9.17, 15) is 19.8 Å². The number of hydrogen-bond donors (Lipinski definition) is 2. The summed E-state index contributed by atoms with van der Waals surface area (Å²) < 4.78 is 0. The number of carbonyl (C=O) groups is 2. The maximum absolute atomic E-state index is 11.4. The molecular weight excluding hydrogens is 244 g/mol. The molecular formula is C15H12O4. The van der Waals surface area contributed by atoms with E-state index >= 15 is 0 Å². The minimum atomic E-state index is -1.07. The summed E-state index contributed by atoms with van der Waals surface area (Å²) in [4.78, 5) is 22.7. The second kappa shape index (κ2) is 4.94. The van der Waals surface area contributed by atoms with E-state index in [1.807, 2.05) is 0 Å². The summed E-state index contributed by atoms with van der Waals surface area (Å²) in [6.45, 7) is 3.57. The Hall–Kier alpha value is -2.62. The molecule has 0 radical (unpaired) electrons.